The third-order valence-corrected chi connectivity index (χ3v) is 3.88. The summed E-state index contributed by atoms with van der Waals surface area (Å²) >= 11 is 0. The first kappa shape index (κ1) is 22.7. The average molecular weight is 414 g/mol. The Morgan fingerprint density at radius 3 is 2.27 bits per heavy atom. The molecule has 2 rings (SSSR count). The third-order valence-electron chi connectivity index (χ3n) is 3.88. The van der Waals surface area contributed by atoms with Gasteiger partial charge in [0.15, 0.2) is 0 Å². The molecule has 0 saturated heterocycles. The molecule has 0 heterocycles. The molecule has 0 unspecified atom stereocenters. The van der Waals surface area contributed by atoms with E-state index in [1.807, 2.05) is 30.3 Å². The molecular formula is C22H26N2O6. The molecule has 0 aliphatic carbocycles. The normalized spacial score (nSPS) is 10.0. The Kier molecular flexibility index (Phi) is 9.72. The molecule has 0 radical (unpaired) electrons. The van der Waals surface area contributed by atoms with E-state index in [0.29, 0.717) is 37.4 Å². The second kappa shape index (κ2) is 12.8. The van der Waals surface area contributed by atoms with E-state index in [9.17, 15) is 14.4 Å². The number of rotatable bonds is 11. The van der Waals surface area contributed by atoms with Gasteiger partial charge in [0.05, 0.1) is 19.6 Å². The lowest BCUT2D eigenvalue weighted by molar-refractivity contribution is -0.121. The lowest BCUT2D eigenvalue weighted by Crippen LogP contribution is -2.30. The molecule has 0 aliphatic heterocycles. The van der Waals surface area contributed by atoms with E-state index in [1.54, 1.807) is 19.1 Å². The molecule has 0 atom stereocenters. The van der Waals surface area contributed by atoms with Gasteiger partial charge in [-0.2, -0.15) is 0 Å². The van der Waals surface area contributed by atoms with Gasteiger partial charge in [-0.15, -0.1) is 0 Å². The summed E-state index contributed by atoms with van der Waals surface area (Å²) in [6, 6.07) is 15.5. The standard InChI is InChI=1S/C22H26N2O6/c1-2-28-22(27)30-19-11-9-17(10-12-19)21(26)24-15-6-14-23-20(25)13-16-29-18-7-4-3-5-8-18/h3-5,7-12H,2,6,13-16H2,1H3,(H,23,25)(H,24,26). The van der Waals surface area contributed by atoms with Crippen molar-refractivity contribution in [3.63, 3.8) is 0 Å². The smallest absolute Gasteiger partial charge is 0.493 e. The fourth-order valence-electron chi connectivity index (χ4n) is 2.40. The summed E-state index contributed by atoms with van der Waals surface area (Å²) < 4.78 is 15.1. The number of hydrogen-bond acceptors (Lipinski definition) is 6. The van der Waals surface area contributed by atoms with Crippen molar-refractivity contribution in [2.75, 3.05) is 26.3 Å². The van der Waals surface area contributed by atoms with Crippen LogP contribution >= 0.6 is 0 Å². The van der Waals surface area contributed by atoms with Gasteiger partial charge in [-0.25, -0.2) is 4.79 Å². The van der Waals surface area contributed by atoms with Crippen LogP contribution in [0.3, 0.4) is 0 Å². The minimum Gasteiger partial charge on any atom is -0.493 e. The highest BCUT2D eigenvalue weighted by Gasteiger charge is 2.08. The van der Waals surface area contributed by atoms with Crippen LogP contribution in [0.1, 0.15) is 30.1 Å². The zero-order valence-corrected chi connectivity index (χ0v) is 16.9. The first-order valence-electron chi connectivity index (χ1n) is 9.76. The van der Waals surface area contributed by atoms with Crippen molar-refractivity contribution in [2.45, 2.75) is 19.8 Å². The Morgan fingerprint density at radius 1 is 0.867 bits per heavy atom. The van der Waals surface area contributed by atoms with Gasteiger partial charge in [0.25, 0.3) is 5.91 Å². The lowest BCUT2D eigenvalue weighted by Gasteiger charge is -2.08. The van der Waals surface area contributed by atoms with Gasteiger partial charge >= 0.3 is 6.16 Å². The van der Waals surface area contributed by atoms with Crippen LogP contribution in [0, 0.1) is 0 Å². The van der Waals surface area contributed by atoms with E-state index in [1.165, 1.54) is 12.1 Å². The summed E-state index contributed by atoms with van der Waals surface area (Å²) in [5, 5.41) is 5.56. The number of carbonyl (C=O) groups is 3. The van der Waals surface area contributed by atoms with Crippen molar-refractivity contribution in [3.05, 3.63) is 60.2 Å². The van der Waals surface area contributed by atoms with Gasteiger partial charge < -0.3 is 24.8 Å². The molecular weight excluding hydrogens is 388 g/mol. The fraction of sp³-hybridized carbons (Fsp3) is 0.318. The minimum atomic E-state index is -0.789. The van der Waals surface area contributed by atoms with Crippen LogP contribution in [0.25, 0.3) is 0 Å². The number of benzene rings is 2. The van der Waals surface area contributed by atoms with Gasteiger partial charge in [0.2, 0.25) is 5.91 Å². The SMILES string of the molecule is CCOC(=O)Oc1ccc(C(=O)NCCCNC(=O)CCOc2ccccc2)cc1. The van der Waals surface area contributed by atoms with Crippen molar-refractivity contribution in [1.29, 1.82) is 0 Å². The predicted molar refractivity (Wildman–Crippen MR) is 111 cm³/mol. The van der Waals surface area contributed by atoms with Crippen LogP contribution in [0.5, 0.6) is 11.5 Å². The fourth-order valence-corrected chi connectivity index (χ4v) is 2.40. The van der Waals surface area contributed by atoms with E-state index < -0.39 is 6.16 Å². The summed E-state index contributed by atoms with van der Waals surface area (Å²) in [7, 11) is 0. The summed E-state index contributed by atoms with van der Waals surface area (Å²) in [5.74, 6) is 0.673. The van der Waals surface area contributed by atoms with Crippen LogP contribution < -0.4 is 20.1 Å². The van der Waals surface area contributed by atoms with Crippen LogP contribution in [-0.2, 0) is 9.53 Å². The van der Waals surface area contributed by atoms with E-state index in [-0.39, 0.29) is 24.8 Å². The highest BCUT2D eigenvalue weighted by Crippen LogP contribution is 2.13. The Morgan fingerprint density at radius 2 is 1.57 bits per heavy atom. The van der Waals surface area contributed by atoms with E-state index in [0.717, 1.165) is 5.75 Å². The Bertz CT molecular complexity index is 808. The average Bonchev–Trinajstić information content (AvgIpc) is 2.75. The first-order valence-corrected chi connectivity index (χ1v) is 9.76. The van der Waals surface area contributed by atoms with Crippen molar-refractivity contribution >= 4 is 18.0 Å². The monoisotopic (exact) mass is 414 g/mol. The largest absolute Gasteiger partial charge is 0.513 e. The molecule has 30 heavy (non-hydrogen) atoms. The molecule has 8 nitrogen and oxygen atoms in total. The molecule has 0 fully saturated rings. The Labute approximate surface area is 175 Å². The number of para-hydroxylation sites is 1. The first-order chi connectivity index (χ1) is 14.6. The van der Waals surface area contributed by atoms with Crippen LogP contribution in [0.2, 0.25) is 0 Å². The van der Waals surface area contributed by atoms with Gasteiger partial charge in [-0.1, -0.05) is 18.2 Å². The van der Waals surface area contributed by atoms with Crippen molar-refractivity contribution in [2.24, 2.45) is 0 Å². The highest BCUT2D eigenvalue weighted by atomic mass is 16.7. The second-order valence-electron chi connectivity index (χ2n) is 6.18. The summed E-state index contributed by atoms with van der Waals surface area (Å²) in [6.45, 7) is 3.09. The van der Waals surface area contributed by atoms with Gasteiger partial charge in [0, 0.05) is 18.7 Å². The van der Waals surface area contributed by atoms with E-state index in [4.69, 9.17) is 9.47 Å². The van der Waals surface area contributed by atoms with Crippen LogP contribution in [0.15, 0.2) is 54.6 Å². The summed E-state index contributed by atoms with van der Waals surface area (Å²) in [4.78, 5) is 35.1. The highest BCUT2D eigenvalue weighted by molar-refractivity contribution is 5.94. The quantitative estimate of drug-likeness (QED) is 0.333. The van der Waals surface area contributed by atoms with Crippen molar-refractivity contribution in [3.8, 4) is 11.5 Å². The number of carbonyl (C=O) groups excluding carboxylic acids is 3. The summed E-state index contributed by atoms with van der Waals surface area (Å²) in [6.07, 6.45) is 0.0751. The van der Waals surface area contributed by atoms with Crippen molar-refractivity contribution in [1.82, 2.24) is 10.6 Å². The second-order valence-corrected chi connectivity index (χ2v) is 6.18. The number of nitrogens with one attached hydrogen (secondary N) is 2. The number of amides is 2. The van der Waals surface area contributed by atoms with E-state index in [2.05, 4.69) is 15.4 Å². The van der Waals surface area contributed by atoms with Gasteiger partial charge in [0.1, 0.15) is 11.5 Å². The van der Waals surface area contributed by atoms with Crippen LogP contribution in [0.4, 0.5) is 4.79 Å². The minimum absolute atomic E-state index is 0.102. The molecule has 0 saturated carbocycles. The number of ether oxygens (including phenoxy) is 3. The Hall–Kier alpha value is -3.55. The van der Waals surface area contributed by atoms with Crippen LogP contribution in [-0.4, -0.2) is 44.3 Å². The molecule has 2 aromatic rings. The summed E-state index contributed by atoms with van der Waals surface area (Å²) in [5.41, 5.74) is 0.438. The zero-order chi connectivity index (χ0) is 21.6. The molecule has 2 N–H and O–H groups in total. The molecule has 160 valence electrons. The maximum absolute atomic E-state index is 12.1. The third kappa shape index (κ3) is 8.64. The molecule has 0 aromatic heterocycles. The lowest BCUT2D eigenvalue weighted by atomic mass is 10.2. The molecule has 2 aromatic carbocycles. The van der Waals surface area contributed by atoms with Gasteiger partial charge in [-0.05, 0) is 49.7 Å². The maximum atomic E-state index is 12.1. The van der Waals surface area contributed by atoms with E-state index >= 15 is 0 Å². The Balaban J connectivity index is 1.57. The molecule has 0 aliphatic rings. The molecule has 0 bridgehead atoms. The van der Waals surface area contributed by atoms with Gasteiger partial charge in [-0.3, -0.25) is 9.59 Å². The predicted octanol–water partition coefficient (Wildman–Crippen LogP) is 2.93. The molecule has 8 heteroatoms. The number of hydrogen-bond donors (Lipinski definition) is 2. The zero-order valence-electron chi connectivity index (χ0n) is 16.9. The molecule has 2 amide bonds. The maximum Gasteiger partial charge on any atom is 0.513 e. The van der Waals surface area contributed by atoms with Crippen molar-refractivity contribution < 1.29 is 28.6 Å². The molecule has 0 spiro atoms. The topological polar surface area (TPSA) is 103 Å².